The summed E-state index contributed by atoms with van der Waals surface area (Å²) in [6.45, 7) is 3.79. The Morgan fingerprint density at radius 2 is 2.00 bits per heavy atom. The number of halogens is 3. The number of amides is 1. The lowest BCUT2D eigenvalue weighted by Crippen LogP contribution is -2.17. The number of carbonyl (C=O) groups excluding carboxylic acids is 1. The van der Waals surface area contributed by atoms with Crippen LogP contribution in [0.25, 0.3) is 0 Å². The number of hydrogen-bond donors (Lipinski definition) is 1. The minimum atomic E-state index is -4.51. The summed E-state index contributed by atoms with van der Waals surface area (Å²) in [5.74, 6) is -0.629. The van der Waals surface area contributed by atoms with Crippen molar-refractivity contribution in [1.82, 2.24) is 9.78 Å². The number of nitrogens with zero attached hydrogens (tertiary/aromatic N) is 2. The lowest BCUT2D eigenvalue weighted by molar-refractivity contribution is -0.137. The van der Waals surface area contributed by atoms with Crippen molar-refractivity contribution in [2.45, 2.75) is 38.4 Å². The average Bonchev–Trinajstić information content (AvgIpc) is 3.18. The number of rotatable bonds is 4. The van der Waals surface area contributed by atoms with Crippen molar-refractivity contribution in [2.24, 2.45) is 0 Å². The lowest BCUT2D eigenvalue weighted by atomic mass is 10.1. The minimum absolute atomic E-state index is 0.00363. The van der Waals surface area contributed by atoms with Crippen molar-refractivity contribution >= 4 is 21.4 Å². The van der Waals surface area contributed by atoms with Crippen LogP contribution in [0.2, 0.25) is 0 Å². The molecule has 1 aromatic heterocycles. The first kappa shape index (κ1) is 20.4. The highest BCUT2D eigenvalue weighted by Crippen LogP contribution is 2.31. The number of hydrogen-bond acceptors (Lipinski definition) is 4. The molecule has 3 rings (SSSR count). The van der Waals surface area contributed by atoms with Gasteiger partial charge in [-0.15, -0.1) is 0 Å². The third-order valence-electron chi connectivity index (χ3n) is 4.59. The fourth-order valence-corrected chi connectivity index (χ4v) is 4.87. The molecule has 1 N–H and O–H groups in total. The van der Waals surface area contributed by atoms with E-state index in [1.165, 1.54) is 12.1 Å². The lowest BCUT2D eigenvalue weighted by Gasteiger charge is -2.15. The maximum absolute atomic E-state index is 12.8. The second-order valence-electron chi connectivity index (χ2n) is 7.14. The molecule has 0 unspecified atom stereocenters. The normalized spacial score (nSPS) is 19.1. The van der Waals surface area contributed by atoms with E-state index in [1.807, 2.05) is 13.8 Å². The highest BCUT2D eigenvalue weighted by molar-refractivity contribution is 7.91. The van der Waals surface area contributed by atoms with Crippen LogP contribution in [0.3, 0.4) is 0 Å². The summed E-state index contributed by atoms with van der Waals surface area (Å²) in [7, 11) is -3.13. The molecule has 1 amide bonds. The van der Waals surface area contributed by atoms with E-state index >= 15 is 0 Å². The molecule has 1 saturated heterocycles. The molecule has 2 aromatic rings. The predicted molar refractivity (Wildman–Crippen MR) is 98.0 cm³/mol. The van der Waals surface area contributed by atoms with Gasteiger partial charge in [-0.05, 0) is 36.6 Å². The summed E-state index contributed by atoms with van der Waals surface area (Å²) in [5, 5.41) is 6.69. The Kier molecular flexibility index (Phi) is 5.26. The number of aromatic nitrogens is 2. The summed E-state index contributed by atoms with van der Waals surface area (Å²) < 4.78 is 63.6. The minimum Gasteiger partial charge on any atom is -0.321 e. The fraction of sp³-hybridized carbons (Fsp3) is 0.444. The van der Waals surface area contributed by atoms with Crippen LogP contribution >= 0.6 is 0 Å². The molecule has 1 aliphatic heterocycles. The van der Waals surface area contributed by atoms with Crippen molar-refractivity contribution < 1.29 is 26.4 Å². The number of anilines is 1. The molecule has 28 heavy (non-hydrogen) atoms. The van der Waals surface area contributed by atoms with Crippen LogP contribution in [0.5, 0.6) is 0 Å². The first-order chi connectivity index (χ1) is 13.0. The van der Waals surface area contributed by atoms with Crippen LogP contribution in [0.15, 0.2) is 30.3 Å². The van der Waals surface area contributed by atoms with Gasteiger partial charge in [0.15, 0.2) is 15.5 Å². The molecule has 2 heterocycles. The summed E-state index contributed by atoms with van der Waals surface area (Å²) in [5.41, 5.74) is -0.125. The largest absolute Gasteiger partial charge is 0.416 e. The predicted octanol–water partition coefficient (Wildman–Crippen LogP) is 3.64. The first-order valence-corrected chi connectivity index (χ1v) is 10.6. The van der Waals surface area contributed by atoms with E-state index in [1.54, 1.807) is 10.7 Å². The van der Waals surface area contributed by atoms with E-state index in [9.17, 15) is 26.4 Å². The van der Waals surface area contributed by atoms with E-state index < -0.39 is 27.5 Å². The second-order valence-corrected chi connectivity index (χ2v) is 9.37. The van der Waals surface area contributed by atoms with E-state index in [4.69, 9.17) is 0 Å². The van der Waals surface area contributed by atoms with Crippen molar-refractivity contribution in [1.29, 1.82) is 0 Å². The van der Waals surface area contributed by atoms with Crippen LogP contribution in [0, 0.1) is 0 Å². The number of alkyl halides is 3. The Bertz CT molecular complexity index is 997. The third-order valence-corrected chi connectivity index (χ3v) is 6.34. The van der Waals surface area contributed by atoms with E-state index in [2.05, 4.69) is 10.4 Å². The summed E-state index contributed by atoms with van der Waals surface area (Å²) in [6.07, 6.45) is -4.10. The van der Waals surface area contributed by atoms with Crippen molar-refractivity contribution in [3.05, 3.63) is 47.3 Å². The zero-order valence-electron chi connectivity index (χ0n) is 15.3. The molecule has 1 aliphatic rings. The van der Waals surface area contributed by atoms with E-state index in [0.717, 1.165) is 12.1 Å². The van der Waals surface area contributed by atoms with Crippen LogP contribution in [0.4, 0.5) is 18.9 Å². The highest BCUT2D eigenvalue weighted by Gasteiger charge is 2.33. The maximum Gasteiger partial charge on any atom is 0.416 e. The molecule has 10 heteroatoms. The van der Waals surface area contributed by atoms with Gasteiger partial charge >= 0.3 is 6.18 Å². The average molecular weight is 415 g/mol. The SMILES string of the molecule is CC(C)c1cc(C(=O)Nc2cccc(C(F)(F)F)c2)nn1[C@H]1CCS(=O)(=O)C1. The molecule has 0 radical (unpaired) electrons. The number of carbonyl (C=O) groups is 1. The monoisotopic (exact) mass is 415 g/mol. The van der Waals surface area contributed by atoms with Crippen LogP contribution in [-0.4, -0.2) is 35.6 Å². The summed E-state index contributed by atoms with van der Waals surface area (Å²) >= 11 is 0. The smallest absolute Gasteiger partial charge is 0.321 e. The Morgan fingerprint density at radius 1 is 1.29 bits per heavy atom. The highest BCUT2D eigenvalue weighted by atomic mass is 32.2. The molecule has 0 spiro atoms. The van der Waals surface area contributed by atoms with Gasteiger partial charge in [0.1, 0.15) is 0 Å². The molecule has 0 saturated carbocycles. The Morgan fingerprint density at radius 3 is 2.57 bits per heavy atom. The van der Waals surface area contributed by atoms with E-state index in [-0.39, 0.29) is 34.8 Å². The Labute approximate surface area is 160 Å². The van der Waals surface area contributed by atoms with Gasteiger partial charge < -0.3 is 5.32 Å². The van der Waals surface area contributed by atoms with Gasteiger partial charge in [-0.2, -0.15) is 18.3 Å². The Balaban J connectivity index is 1.86. The van der Waals surface area contributed by atoms with Gasteiger partial charge in [0.25, 0.3) is 5.91 Å². The van der Waals surface area contributed by atoms with Gasteiger partial charge in [-0.25, -0.2) is 8.42 Å². The summed E-state index contributed by atoms with van der Waals surface area (Å²) in [4.78, 5) is 12.5. The van der Waals surface area contributed by atoms with Crippen LogP contribution < -0.4 is 5.32 Å². The fourth-order valence-electron chi connectivity index (χ4n) is 3.18. The Hall–Kier alpha value is -2.36. The first-order valence-electron chi connectivity index (χ1n) is 8.75. The van der Waals surface area contributed by atoms with Gasteiger partial charge in [0.05, 0.1) is 23.1 Å². The molecule has 0 bridgehead atoms. The van der Waals surface area contributed by atoms with Gasteiger partial charge in [0, 0.05) is 11.4 Å². The topological polar surface area (TPSA) is 81.1 Å². The van der Waals surface area contributed by atoms with Gasteiger partial charge in [-0.3, -0.25) is 9.48 Å². The van der Waals surface area contributed by atoms with Crippen LogP contribution in [0.1, 0.15) is 54.0 Å². The molecular formula is C18H20F3N3O3S. The molecule has 1 aromatic carbocycles. The number of benzene rings is 1. The second kappa shape index (κ2) is 7.23. The third kappa shape index (κ3) is 4.37. The molecule has 6 nitrogen and oxygen atoms in total. The molecule has 152 valence electrons. The van der Waals surface area contributed by atoms with E-state index in [0.29, 0.717) is 12.1 Å². The zero-order chi connectivity index (χ0) is 20.7. The zero-order valence-corrected chi connectivity index (χ0v) is 16.1. The standard InChI is InChI=1S/C18H20F3N3O3S/c1-11(2)16-9-15(23-24(16)14-6-7-28(26,27)10-14)17(25)22-13-5-3-4-12(8-13)18(19,20)21/h3-5,8-9,11,14H,6-7,10H2,1-2H3,(H,22,25)/t14-/m0/s1. The van der Waals surface area contributed by atoms with Crippen molar-refractivity contribution in [2.75, 3.05) is 16.8 Å². The number of nitrogens with one attached hydrogen (secondary N) is 1. The molecule has 1 atom stereocenters. The van der Waals surface area contributed by atoms with Crippen molar-refractivity contribution in [3.8, 4) is 0 Å². The molecular weight excluding hydrogens is 395 g/mol. The molecule has 1 fully saturated rings. The van der Waals surface area contributed by atoms with Gasteiger partial charge in [-0.1, -0.05) is 19.9 Å². The maximum atomic E-state index is 12.8. The quantitative estimate of drug-likeness (QED) is 0.827. The van der Waals surface area contributed by atoms with Crippen molar-refractivity contribution in [3.63, 3.8) is 0 Å². The van der Waals surface area contributed by atoms with Gasteiger partial charge in [0.2, 0.25) is 0 Å². The number of sulfone groups is 1. The molecule has 0 aliphatic carbocycles. The summed E-state index contributed by atoms with van der Waals surface area (Å²) in [6, 6.07) is 5.54. The van der Waals surface area contributed by atoms with Crippen LogP contribution in [-0.2, 0) is 16.0 Å².